The highest BCUT2D eigenvalue weighted by Crippen LogP contribution is 2.28. The zero-order valence-electron chi connectivity index (χ0n) is 8.99. The number of aryl methyl sites for hydroxylation is 1. The van der Waals surface area contributed by atoms with Crippen LogP contribution in [0.4, 0.5) is 14.5 Å². The van der Waals surface area contributed by atoms with Gasteiger partial charge >= 0.3 is 0 Å². The Labute approximate surface area is 102 Å². The lowest BCUT2D eigenvalue weighted by Gasteiger charge is -2.08. The number of hydrogen-bond donors (Lipinski definition) is 1. The first-order chi connectivity index (χ1) is 8.00. The number of hydrogen-bond acceptors (Lipinski definition) is 2. The predicted molar refractivity (Wildman–Crippen MR) is 62.7 cm³/mol. The van der Waals surface area contributed by atoms with Crippen LogP contribution < -0.4 is 5.73 Å². The number of aromatic nitrogens is 2. The first-order valence-electron chi connectivity index (χ1n) is 4.88. The van der Waals surface area contributed by atoms with Crippen LogP contribution in [0.15, 0.2) is 24.4 Å². The van der Waals surface area contributed by atoms with Crippen LogP contribution in [0, 0.1) is 6.92 Å². The van der Waals surface area contributed by atoms with Crippen molar-refractivity contribution in [1.29, 1.82) is 0 Å². The molecule has 0 atom stereocenters. The monoisotopic (exact) mass is 257 g/mol. The van der Waals surface area contributed by atoms with Crippen LogP contribution in [0.5, 0.6) is 0 Å². The van der Waals surface area contributed by atoms with E-state index in [1.54, 1.807) is 18.2 Å². The third kappa shape index (κ3) is 2.10. The summed E-state index contributed by atoms with van der Waals surface area (Å²) in [7, 11) is 0. The summed E-state index contributed by atoms with van der Waals surface area (Å²) in [6, 6.07) is 4.99. The minimum absolute atomic E-state index is 0.0308. The van der Waals surface area contributed by atoms with E-state index in [-0.39, 0.29) is 11.4 Å². The molecule has 90 valence electrons. The molecule has 0 spiro atoms. The summed E-state index contributed by atoms with van der Waals surface area (Å²) in [4.78, 5) is 0. The van der Waals surface area contributed by atoms with Crippen LogP contribution in [0.2, 0.25) is 5.02 Å². The minimum Gasteiger partial charge on any atom is -0.396 e. The highest BCUT2D eigenvalue weighted by atomic mass is 35.5. The van der Waals surface area contributed by atoms with Gasteiger partial charge in [0, 0.05) is 5.02 Å². The highest BCUT2D eigenvalue weighted by molar-refractivity contribution is 6.31. The quantitative estimate of drug-likeness (QED) is 0.897. The summed E-state index contributed by atoms with van der Waals surface area (Å²) in [5, 5.41) is 4.33. The molecule has 3 nitrogen and oxygen atoms in total. The molecule has 0 saturated carbocycles. The molecule has 0 fully saturated rings. The number of benzene rings is 1. The van der Waals surface area contributed by atoms with Crippen LogP contribution in [0.1, 0.15) is 17.7 Å². The number of nitrogens with two attached hydrogens (primary N) is 1. The van der Waals surface area contributed by atoms with Gasteiger partial charge in [0.2, 0.25) is 0 Å². The highest BCUT2D eigenvalue weighted by Gasteiger charge is 2.19. The van der Waals surface area contributed by atoms with Crippen LogP contribution >= 0.6 is 11.6 Å². The van der Waals surface area contributed by atoms with Gasteiger partial charge in [-0.2, -0.15) is 5.10 Å². The number of halogens is 3. The number of nitrogens with zero attached hydrogens (tertiary/aromatic N) is 2. The summed E-state index contributed by atoms with van der Waals surface area (Å²) in [5.74, 6) is 0. The lowest BCUT2D eigenvalue weighted by Crippen LogP contribution is -2.04. The molecule has 2 N–H and O–H groups in total. The van der Waals surface area contributed by atoms with E-state index in [2.05, 4.69) is 5.10 Å². The second-order valence-corrected chi connectivity index (χ2v) is 4.04. The molecular formula is C11H10ClF2N3. The minimum atomic E-state index is -2.68. The second kappa shape index (κ2) is 4.33. The summed E-state index contributed by atoms with van der Waals surface area (Å²) in [6.45, 7) is 1.83. The molecule has 2 rings (SSSR count). The first-order valence-corrected chi connectivity index (χ1v) is 5.26. The zero-order chi connectivity index (χ0) is 12.6. The lowest BCUT2D eigenvalue weighted by atomic mass is 10.2. The SMILES string of the molecule is Cc1ccc(-n2ncc(N)c2C(F)F)cc1Cl. The Kier molecular flexibility index (Phi) is 3.02. The van der Waals surface area contributed by atoms with Gasteiger partial charge in [0.15, 0.2) is 0 Å². The van der Waals surface area contributed by atoms with E-state index >= 15 is 0 Å². The van der Waals surface area contributed by atoms with Gasteiger partial charge in [-0.3, -0.25) is 0 Å². The van der Waals surface area contributed by atoms with E-state index < -0.39 is 6.43 Å². The van der Waals surface area contributed by atoms with E-state index in [0.717, 1.165) is 10.2 Å². The van der Waals surface area contributed by atoms with Crippen molar-refractivity contribution in [2.24, 2.45) is 0 Å². The molecule has 0 aliphatic rings. The van der Waals surface area contributed by atoms with Gasteiger partial charge in [-0.15, -0.1) is 0 Å². The maximum atomic E-state index is 12.8. The smallest absolute Gasteiger partial charge is 0.282 e. The number of anilines is 1. The molecule has 0 radical (unpaired) electrons. The maximum absolute atomic E-state index is 12.8. The normalized spacial score (nSPS) is 11.1. The van der Waals surface area contributed by atoms with Gasteiger partial charge in [-0.1, -0.05) is 17.7 Å². The summed E-state index contributed by atoms with van der Waals surface area (Å²) < 4.78 is 26.7. The van der Waals surface area contributed by atoms with Crippen LogP contribution in [-0.4, -0.2) is 9.78 Å². The third-order valence-electron chi connectivity index (χ3n) is 2.44. The van der Waals surface area contributed by atoms with Gasteiger partial charge < -0.3 is 5.73 Å². The molecule has 0 amide bonds. The third-order valence-corrected chi connectivity index (χ3v) is 2.85. The predicted octanol–water partition coefficient (Wildman–Crippen LogP) is 3.35. The molecule has 0 bridgehead atoms. The molecule has 6 heteroatoms. The van der Waals surface area contributed by atoms with Gasteiger partial charge in [0.1, 0.15) is 5.69 Å². The standard InChI is InChI=1S/C11H10ClF2N3/c1-6-2-3-7(4-8(6)12)17-10(11(13)14)9(15)5-16-17/h2-5,11H,15H2,1H3. The molecule has 17 heavy (non-hydrogen) atoms. The molecule has 0 aliphatic carbocycles. The van der Waals surface area contributed by atoms with E-state index in [1.165, 1.54) is 6.20 Å². The van der Waals surface area contributed by atoms with Crippen molar-refractivity contribution in [1.82, 2.24) is 9.78 Å². The Balaban J connectivity index is 2.56. The van der Waals surface area contributed by atoms with Gasteiger partial charge in [-0.25, -0.2) is 13.5 Å². The fourth-order valence-electron chi connectivity index (χ4n) is 1.51. The topological polar surface area (TPSA) is 43.8 Å². The Morgan fingerprint density at radius 3 is 2.71 bits per heavy atom. The van der Waals surface area contributed by atoms with Crippen LogP contribution in [0.3, 0.4) is 0 Å². The van der Waals surface area contributed by atoms with E-state index in [4.69, 9.17) is 17.3 Å². The Hall–Kier alpha value is -1.62. The van der Waals surface area contributed by atoms with Crippen molar-refractivity contribution >= 4 is 17.3 Å². The maximum Gasteiger partial charge on any atom is 0.282 e. The van der Waals surface area contributed by atoms with Crippen LogP contribution in [0.25, 0.3) is 5.69 Å². The van der Waals surface area contributed by atoms with E-state index in [1.807, 2.05) is 6.92 Å². The van der Waals surface area contributed by atoms with Gasteiger partial charge in [0.05, 0.1) is 17.6 Å². The lowest BCUT2D eigenvalue weighted by molar-refractivity contribution is 0.143. The Bertz CT molecular complexity index is 552. The number of alkyl halides is 2. The zero-order valence-corrected chi connectivity index (χ0v) is 9.75. The molecule has 0 saturated heterocycles. The van der Waals surface area contributed by atoms with Crippen molar-refractivity contribution in [2.75, 3.05) is 5.73 Å². The molecule has 1 aromatic carbocycles. The average Bonchev–Trinajstić information content (AvgIpc) is 2.64. The summed E-state index contributed by atoms with van der Waals surface area (Å²) in [6.07, 6.45) is -1.48. The summed E-state index contributed by atoms with van der Waals surface area (Å²) >= 11 is 5.94. The molecule has 1 aromatic heterocycles. The van der Waals surface area contributed by atoms with Crippen molar-refractivity contribution in [3.05, 3.63) is 40.7 Å². The molecule has 1 heterocycles. The van der Waals surface area contributed by atoms with Crippen LogP contribution in [-0.2, 0) is 0 Å². The first kappa shape index (κ1) is 11.9. The van der Waals surface area contributed by atoms with Crippen molar-refractivity contribution in [3.63, 3.8) is 0 Å². The molecule has 0 aliphatic heterocycles. The second-order valence-electron chi connectivity index (χ2n) is 3.63. The Morgan fingerprint density at radius 2 is 2.12 bits per heavy atom. The van der Waals surface area contributed by atoms with E-state index in [9.17, 15) is 8.78 Å². The molecular weight excluding hydrogens is 248 g/mol. The fraction of sp³-hybridized carbons (Fsp3) is 0.182. The largest absolute Gasteiger partial charge is 0.396 e. The number of rotatable bonds is 2. The van der Waals surface area contributed by atoms with Crippen molar-refractivity contribution < 1.29 is 8.78 Å². The van der Waals surface area contributed by atoms with E-state index in [0.29, 0.717) is 10.7 Å². The molecule has 2 aromatic rings. The summed E-state index contributed by atoms with van der Waals surface area (Å²) in [5.41, 5.74) is 6.44. The van der Waals surface area contributed by atoms with Crippen molar-refractivity contribution in [3.8, 4) is 5.69 Å². The Morgan fingerprint density at radius 1 is 1.41 bits per heavy atom. The van der Waals surface area contributed by atoms with Crippen molar-refractivity contribution in [2.45, 2.75) is 13.3 Å². The van der Waals surface area contributed by atoms with Gasteiger partial charge in [-0.05, 0) is 24.6 Å². The molecule has 0 unspecified atom stereocenters. The van der Waals surface area contributed by atoms with Gasteiger partial charge in [0.25, 0.3) is 6.43 Å². The fourth-order valence-corrected chi connectivity index (χ4v) is 1.68. The average molecular weight is 258 g/mol. The number of nitrogen functional groups attached to an aromatic ring is 1.